The topological polar surface area (TPSA) is 78.6 Å². The second kappa shape index (κ2) is 5.21. The predicted molar refractivity (Wildman–Crippen MR) is 85.0 cm³/mol. The molecule has 2 N–H and O–H groups in total. The quantitative estimate of drug-likeness (QED) is 0.518. The van der Waals surface area contributed by atoms with E-state index in [0.29, 0.717) is 22.3 Å². The summed E-state index contributed by atoms with van der Waals surface area (Å²) in [5.74, 6) is -0.712. The molecule has 0 aromatic heterocycles. The standard InChI is InChI=1S/C14H21BFNO4S/c1-9-10(8-22(16,18)19)6-11(7-12(9)17)15-20-13(2,3)14(4,5)21-15/h6-7H,8,17H2,1-5H3. The van der Waals surface area contributed by atoms with Crippen LogP contribution in [0, 0.1) is 6.92 Å². The van der Waals surface area contributed by atoms with Crippen LogP contribution in [-0.2, 0) is 25.3 Å². The van der Waals surface area contributed by atoms with Crippen LogP contribution in [-0.4, -0.2) is 26.7 Å². The Morgan fingerprint density at radius 3 is 2.14 bits per heavy atom. The third kappa shape index (κ3) is 3.28. The van der Waals surface area contributed by atoms with E-state index in [2.05, 4.69) is 0 Å². The van der Waals surface area contributed by atoms with E-state index in [0.717, 1.165) is 0 Å². The van der Waals surface area contributed by atoms with Crippen LogP contribution < -0.4 is 11.2 Å². The zero-order chi connectivity index (χ0) is 16.9. The summed E-state index contributed by atoms with van der Waals surface area (Å²) in [6, 6.07) is 3.25. The molecule has 1 aromatic carbocycles. The van der Waals surface area contributed by atoms with Gasteiger partial charge in [0.05, 0.1) is 11.2 Å². The third-order valence-corrected chi connectivity index (χ3v) is 5.09. The third-order valence-electron chi connectivity index (χ3n) is 4.43. The second-order valence-electron chi connectivity index (χ2n) is 6.67. The molecular formula is C14H21BFNO4S. The van der Waals surface area contributed by atoms with Crippen LogP contribution in [0.5, 0.6) is 0 Å². The molecule has 0 unspecified atom stereocenters. The van der Waals surface area contributed by atoms with E-state index >= 15 is 0 Å². The highest BCUT2D eigenvalue weighted by Crippen LogP contribution is 2.36. The normalized spacial score (nSPS) is 20.4. The van der Waals surface area contributed by atoms with Crippen molar-refractivity contribution in [2.75, 3.05) is 5.73 Å². The van der Waals surface area contributed by atoms with Gasteiger partial charge >= 0.3 is 17.3 Å². The lowest BCUT2D eigenvalue weighted by molar-refractivity contribution is 0.00578. The summed E-state index contributed by atoms with van der Waals surface area (Å²) in [5.41, 5.74) is 6.69. The first-order chi connectivity index (χ1) is 9.82. The molecule has 0 radical (unpaired) electrons. The van der Waals surface area contributed by atoms with E-state index in [1.54, 1.807) is 19.1 Å². The molecule has 0 bridgehead atoms. The van der Waals surface area contributed by atoms with E-state index in [1.165, 1.54) is 0 Å². The zero-order valence-corrected chi connectivity index (χ0v) is 14.3. The Morgan fingerprint density at radius 1 is 1.18 bits per heavy atom. The Hall–Kier alpha value is -1.12. The van der Waals surface area contributed by atoms with Crippen molar-refractivity contribution in [1.82, 2.24) is 0 Å². The number of anilines is 1. The Morgan fingerprint density at radius 2 is 1.68 bits per heavy atom. The highest BCUT2D eigenvalue weighted by Gasteiger charge is 2.51. The van der Waals surface area contributed by atoms with E-state index in [-0.39, 0.29) is 0 Å². The summed E-state index contributed by atoms with van der Waals surface area (Å²) in [6.45, 7) is 9.31. The average molecular weight is 329 g/mol. The van der Waals surface area contributed by atoms with Gasteiger partial charge in [0.1, 0.15) is 5.75 Å². The number of hydrogen-bond acceptors (Lipinski definition) is 5. The lowest BCUT2D eigenvalue weighted by atomic mass is 9.77. The molecule has 5 nitrogen and oxygen atoms in total. The van der Waals surface area contributed by atoms with Gasteiger partial charge in [-0.2, -0.15) is 8.42 Å². The Bertz CT molecular complexity index is 687. The number of rotatable bonds is 3. The molecule has 1 aliphatic rings. The molecule has 1 aromatic rings. The molecule has 8 heteroatoms. The SMILES string of the molecule is Cc1c(N)cc(B2OC(C)(C)C(C)(C)O2)cc1CS(=O)(=O)F. The van der Waals surface area contributed by atoms with Gasteiger partial charge in [0, 0.05) is 5.69 Å². The van der Waals surface area contributed by atoms with E-state index < -0.39 is 34.3 Å². The van der Waals surface area contributed by atoms with E-state index in [1.807, 2.05) is 27.7 Å². The number of benzene rings is 1. The van der Waals surface area contributed by atoms with Gasteiger partial charge in [-0.15, -0.1) is 3.89 Å². The molecule has 0 aliphatic carbocycles. The minimum Gasteiger partial charge on any atom is -0.399 e. The Labute approximate surface area is 131 Å². The van der Waals surface area contributed by atoms with Crippen LogP contribution in [0.2, 0.25) is 0 Å². The minimum absolute atomic E-state index is 0.312. The van der Waals surface area contributed by atoms with Crippen LogP contribution in [0.3, 0.4) is 0 Å². The molecule has 0 spiro atoms. The summed E-state index contributed by atoms with van der Waals surface area (Å²) >= 11 is 0. The fourth-order valence-electron chi connectivity index (χ4n) is 2.28. The van der Waals surface area contributed by atoms with Gasteiger partial charge in [-0.05, 0) is 57.3 Å². The van der Waals surface area contributed by atoms with Gasteiger partial charge in [-0.1, -0.05) is 6.07 Å². The second-order valence-corrected chi connectivity index (χ2v) is 8.03. The van der Waals surface area contributed by atoms with Crippen molar-refractivity contribution in [2.24, 2.45) is 0 Å². The van der Waals surface area contributed by atoms with Gasteiger partial charge in [-0.3, -0.25) is 0 Å². The van der Waals surface area contributed by atoms with Crippen molar-refractivity contribution < 1.29 is 21.6 Å². The van der Waals surface area contributed by atoms with E-state index in [4.69, 9.17) is 15.0 Å². The van der Waals surface area contributed by atoms with Gasteiger partial charge in [-0.25, -0.2) is 0 Å². The van der Waals surface area contributed by atoms with Crippen molar-refractivity contribution in [2.45, 2.75) is 51.6 Å². The summed E-state index contributed by atoms with van der Waals surface area (Å²) in [6.07, 6.45) is 0. The lowest BCUT2D eigenvalue weighted by Gasteiger charge is -2.32. The predicted octanol–water partition coefficient (Wildman–Crippen LogP) is 1.68. The van der Waals surface area contributed by atoms with Crippen molar-refractivity contribution in [3.8, 4) is 0 Å². The summed E-state index contributed by atoms with van der Waals surface area (Å²) in [5, 5.41) is 0. The van der Waals surface area contributed by atoms with Crippen LogP contribution in [0.15, 0.2) is 12.1 Å². The molecule has 0 atom stereocenters. The molecule has 1 fully saturated rings. The molecule has 1 aliphatic heterocycles. The molecule has 2 rings (SSSR count). The van der Waals surface area contributed by atoms with Crippen molar-refractivity contribution in [3.05, 3.63) is 23.3 Å². The van der Waals surface area contributed by atoms with Crippen LogP contribution in [0.25, 0.3) is 0 Å². The maximum atomic E-state index is 13.0. The first-order valence-corrected chi connectivity index (χ1v) is 8.54. The Kier molecular flexibility index (Phi) is 4.09. The van der Waals surface area contributed by atoms with Gasteiger partial charge < -0.3 is 15.0 Å². The van der Waals surface area contributed by atoms with Crippen molar-refractivity contribution >= 4 is 28.5 Å². The van der Waals surface area contributed by atoms with Crippen LogP contribution in [0.4, 0.5) is 9.57 Å². The molecule has 1 saturated heterocycles. The minimum atomic E-state index is -4.64. The number of hydrogen-bond donors (Lipinski definition) is 1. The van der Waals surface area contributed by atoms with Gasteiger partial charge in [0.2, 0.25) is 0 Å². The largest absolute Gasteiger partial charge is 0.494 e. The molecule has 0 amide bonds. The maximum absolute atomic E-state index is 13.0. The van der Waals surface area contributed by atoms with E-state index in [9.17, 15) is 12.3 Å². The summed E-state index contributed by atoms with van der Waals surface area (Å²) in [7, 11) is -5.31. The fourth-order valence-corrected chi connectivity index (χ4v) is 2.95. The molecule has 22 heavy (non-hydrogen) atoms. The zero-order valence-electron chi connectivity index (χ0n) is 13.4. The fraction of sp³-hybridized carbons (Fsp3) is 0.571. The summed E-state index contributed by atoms with van der Waals surface area (Å²) < 4.78 is 46.7. The first kappa shape index (κ1) is 17.2. The molecule has 0 saturated carbocycles. The average Bonchev–Trinajstić information content (AvgIpc) is 2.52. The first-order valence-electron chi connectivity index (χ1n) is 6.99. The number of nitrogen functional groups attached to an aromatic ring is 1. The van der Waals surface area contributed by atoms with Gasteiger partial charge in [0.15, 0.2) is 0 Å². The van der Waals surface area contributed by atoms with Crippen molar-refractivity contribution in [3.63, 3.8) is 0 Å². The molecule has 1 heterocycles. The monoisotopic (exact) mass is 329 g/mol. The molecular weight excluding hydrogens is 308 g/mol. The summed E-state index contributed by atoms with van der Waals surface area (Å²) in [4.78, 5) is 0. The highest BCUT2D eigenvalue weighted by atomic mass is 32.3. The van der Waals surface area contributed by atoms with Crippen LogP contribution in [0.1, 0.15) is 38.8 Å². The highest BCUT2D eigenvalue weighted by molar-refractivity contribution is 7.85. The number of halogens is 1. The molecule has 122 valence electrons. The Balaban J connectivity index is 2.42. The van der Waals surface area contributed by atoms with Crippen molar-refractivity contribution in [1.29, 1.82) is 0 Å². The van der Waals surface area contributed by atoms with Crippen LogP contribution >= 0.6 is 0 Å². The smallest absolute Gasteiger partial charge is 0.399 e. The number of nitrogens with two attached hydrogens (primary N) is 1. The maximum Gasteiger partial charge on any atom is 0.494 e. The lowest BCUT2D eigenvalue weighted by Crippen LogP contribution is -2.41. The van der Waals surface area contributed by atoms with Gasteiger partial charge in [0.25, 0.3) is 0 Å².